The van der Waals surface area contributed by atoms with E-state index in [0.29, 0.717) is 6.54 Å². The summed E-state index contributed by atoms with van der Waals surface area (Å²) < 4.78 is 5.65. The minimum atomic E-state index is 0.223. The molecule has 1 aromatic rings. The van der Waals surface area contributed by atoms with Crippen molar-refractivity contribution in [2.45, 2.75) is 27.2 Å². The lowest BCUT2D eigenvalue weighted by atomic mass is 10.1. The molecule has 0 aromatic carbocycles. The Bertz CT molecular complexity index is 486. The highest BCUT2D eigenvalue weighted by Gasteiger charge is 2.19. The Morgan fingerprint density at radius 2 is 2.10 bits per heavy atom. The first kappa shape index (κ1) is 14.9. The van der Waals surface area contributed by atoms with Crippen LogP contribution in [0.2, 0.25) is 0 Å². The third kappa shape index (κ3) is 3.51. The molecule has 0 radical (unpaired) electrons. The molecule has 1 aromatic heterocycles. The van der Waals surface area contributed by atoms with E-state index in [1.807, 2.05) is 37.8 Å². The average molecular weight is 276 g/mol. The molecule has 20 heavy (non-hydrogen) atoms. The Balaban J connectivity index is 1.90. The summed E-state index contributed by atoms with van der Waals surface area (Å²) >= 11 is 0. The van der Waals surface area contributed by atoms with Crippen LogP contribution in [0, 0.1) is 6.92 Å². The number of likely N-dealkylation sites (N-methyl/N-ethyl adjacent to an activating group) is 1. The van der Waals surface area contributed by atoms with E-state index in [1.54, 1.807) is 0 Å². The van der Waals surface area contributed by atoms with Crippen LogP contribution >= 0.6 is 0 Å². The van der Waals surface area contributed by atoms with Crippen LogP contribution in [0.4, 0.5) is 0 Å². The zero-order valence-corrected chi connectivity index (χ0v) is 12.7. The number of hydrogen-bond acceptors (Lipinski definition) is 3. The molecule has 4 nitrogen and oxygen atoms in total. The number of amides is 1. The van der Waals surface area contributed by atoms with Gasteiger partial charge in [0, 0.05) is 26.2 Å². The molecule has 0 atom stereocenters. The lowest BCUT2D eigenvalue weighted by Gasteiger charge is -2.28. The number of rotatable bonds is 5. The number of furan rings is 1. The van der Waals surface area contributed by atoms with Crippen LogP contribution in [0.25, 0.3) is 5.57 Å². The van der Waals surface area contributed by atoms with Crippen LogP contribution in [-0.4, -0.2) is 48.4 Å². The fraction of sp³-hybridized carbons (Fsp3) is 0.562. The third-order valence-corrected chi connectivity index (χ3v) is 3.83. The fourth-order valence-electron chi connectivity index (χ4n) is 2.55. The van der Waals surface area contributed by atoms with Crippen molar-refractivity contribution in [1.29, 1.82) is 0 Å². The van der Waals surface area contributed by atoms with Crippen LogP contribution in [0.3, 0.4) is 0 Å². The van der Waals surface area contributed by atoms with Crippen LogP contribution in [0.1, 0.15) is 31.8 Å². The average Bonchev–Trinajstić information content (AvgIpc) is 2.87. The van der Waals surface area contributed by atoms with Gasteiger partial charge in [-0.25, -0.2) is 0 Å². The quantitative estimate of drug-likeness (QED) is 0.829. The predicted molar refractivity (Wildman–Crippen MR) is 80.4 cm³/mol. The van der Waals surface area contributed by atoms with E-state index in [9.17, 15) is 4.79 Å². The summed E-state index contributed by atoms with van der Waals surface area (Å²) in [6.45, 7) is 9.83. The van der Waals surface area contributed by atoms with E-state index in [4.69, 9.17) is 4.42 Å². The molecule has 0 fully saturated rings. The standard InChI is InChI=1S/C16H24N2O2/c1-4-18(5-2)16(19)12-17-10-8-14(9-11-17)15-7-6-13(3)20-15/h6-8H,4-5,9-12H2,1-3H3. The van der Waals surface area contributed by atoms with Gasteiger partial charge in [-0.15, -0.1) is 0 Å². The normalized spacial score (nSPS) is 16.1. The van der Waals surface area contributed by atoms with Crippen molar-refractivity contribution in [3.8, 4) is 0 Å². The zero-order valence-electron chi connectivity index (χ0n) is 12.7. The van der Waals surface area contributed by atoms with Gasteiger partial charge in [0.2, 0.25) is 5.91 Å². The maximum atomic E-state index is 12.1. The topological polar surface area (TPSA) is 36.7 Å². The molecule has 110 valence electrons. The van der Waals surface area contributed by atoms with E-state index >= 15 is 0 Å². The lowest BCUT2D eigenvalue weighted by Crippen LogP contribution is -2.41. The molecule has 2 rings (SSSR count). The number of hydrogen-bond donors (Lipinski definition) is 0. The van der Waals surface area contributed by atoms with Gasteiger partial charge in [0.15, 0.2) is 0 Å². The summed E-state index contributed by atoms with van der Waals surface area (Å²) in [6, 6.07) is 4.02. The van der Waals surface area contributed by atoms with Gasteiger partial charge in [-0.1, -0.05) is 6.08 Å². The monoisotopic (exact) mass is 276 g/mol. The molecule has 1 aliphatic rings. The van der Waals surface area contributed by atoms with Crippen LogP contribution in [-0.2, 0) is 4.79 Å². The van der Waals surface area contributed by atoms with E-state index in [0.717, 1.165) is 44.1 Å². The number of nitrogens with zero attached hydrogens (tertiary/aromatic N) is 2. The van der Waals surface area contributed by atoms with Crippen molar-refractivity contribution in [1.82, 2.24) is 9.80 Å². The van der Waals surface area contributed by atoms with Gasteiger partial charge in [-0.2, -0.15) is 0 Å². The Morgan fingerprint density at radius 3 is 2.60 bits per heavy atom. The first-order chi connectivity index (χ1) is 9.63. The van der Waals surface area contributed by atoms with Crippen LogP contribution < -0.4 is 0 Å². The molecular formula is C16H24N2O2. The van der Waals surface area contributed by atoms with Gasteiger partial charge in [0.05, 0.1) is 6.54 Å². The minimum absolute atomic E-state index is 0.223. The first-order valence-electron chi connectivity index (χ1n) is 7.40. The van der Waals surface area contributed by atoms with Gasteiger partial charge in [0.1, 0.15) is 11.5 Å². The summed E-state index contributed by atoms with van der Waals surface area (Å²) in [7, 11) is 0. The molecule has 0 saturated carbocycles. The Labute approximate surface area is 121 Å². The number of aryl methyl sites for hydroxylation is 1. The second-order valence-corrected chi connectivity index (χ2v) is 5.19. The molecule has 1 amide bonds. The van der Waals surface area contributed by atoms with Crippen molar-refractivity contribution in [3.05, 3.63) is 29.7 Å². The maximum Gasteiger partial charge on any atom is 0.236 e. The van der Waals surface area contributed by atoms with Gasteiger partial charge < -0.3 is 9.32 Å². The van der Waals surface area contributed by atoms with Crippen LogP contribution in [0.5, 0.6) is 0 Å². The SMILES string of the molecule is CCN(CC)C(=O)CN1CC=C(c2ccc(C)o2)CC1. The van der Waals surface area contributed by atoms with Gasteiger partial charge in [-0.3, -0.25) is 9.69 Å². The van der Waals surface area contributed by atoms with E-state index in [-0.39, 0.29) is 5.91 Å². The molecule has 0 saturated heterocycles. The summed E-state index contributed by atoms with van der Waals surface area (Å²) in [6.07, 6.45) is 3.12. The molecule has 0 unspecified atom stereocenters. The third-order valence-electron chi connectivity index (χ3n) is 3.83. The van der Waals surface area contributed by atoms with Crippen molar-refractivity contribution in [2.75, 3.05) is 32.7 Å². The number of carbonyl (C=O) groups excluding carboxylic acids is 1. The van der Waals surface area contributed by atoms with Crippen molar-refractivity contribution in [2.24, 2.45) is 0 Å². The van der Waals surface area contributed by atoms with Crippen molar-refractivity contribution >= 4 is 11.5 Å². The molecule has 0 bridgehead atoms. The largest absolute Gasteiger partial charge is 0.462 e. The molecule has 0 N–H and O–H groups in total. The van der Waals surface area contributed by atoms with E-state index in [2.05, 4.69) is 11.0 Å². The summed E-state index contributed by atoms with van der Waals surface area (Å²) in [5.41, 5.74) is 1.25. The van der Waals surface area contributed by atoms with E-state index in [1.165, 1.54) is 5.57 Å². The van der Waals surface area contributed by atoms with Gasteiger partial charge in [0.25, 0.3) is 0 Å². The second kappa shape index (κ2) is 6.75. The minimum Gasteiger partial charge on any atom is -0.462 e. The highest BCUT2D eigenvalue weighted by Crippen LogP contribution is 2.23. The first-order valence-corrected chi connectivity index (χ1v) is 7.40. The van der Waals surface area contributed by atoms with Crippen molar-refractivity contribution < 1.29 is 9.21 Å². The Kier molecular flexibility index (Phi) is 5.01. The fourth-order valence-corrected chi connectivity index (χ4v) is 2.55. The Morgan fingerprint density at radius 1 is 1.35 bits per heavy atom. The molecular weight excluding hydrogens is 252 g/mol. The van der Waals surface area contributed by atoms with E-state index < -0.39 is 0 Å². The zero-order chi connectivity index (χ0) is 14.5. The second-order valence-electron chi connectivity index (χ2n) is 5.19. The molecule has 2 heterocycles. The van der Waals surface area contributed by atoms with Crippen molar-refractivity contribution in [3.63, 3.8) is 0 Å². The predicted octanol–water partition coefficient (Wildman–Crippen LogP) is 2.55. The maximum absolute atomic E-state index is 12.1. The van der Waals surface area contributed by atoms with Crippen LogP contribution in [0.15, 0.2) is 22.6 Å². The summed E-state index contributed by atoms with van der Waals surface area (Å²) in [4.78, 5) is 16.2. The molecule has 0 spiro atoms. The highest BCUT2D eigenvalue weighted by atomic mass is 16.3. The summed E-state index contributed by atoms with van der Waals surface area (Å²) in [5, 5.41) is 0. The molecule has 0 aliphatic carbocycles. The molecule has 4 heteroatoms. The van der Waals surface area contributed by atoms with Gasteiger partial charge in [-0.05, 0) is 44.9 Å². The van der Waals surface area contributed by atoms with Gasteiger partial charge >= 0.3 is 0 Å². The highest BCUT2D eigenvalue weighted by molar-refractivity contribution is 5.78. The Hall–Kier alpha value is -1.55. The molecule has 1 aliphatic heterocycles. The lowest BCUT2D eigenvalue weighted by molar-refractivity contribution is -0.131. The number of carbonyl (C=O) groups is 1. The summed E-state index contributed by atoms with van der Waals surface area (Å²) in [5.74, 6) is 2.14. The smallest absolute Gasteiger partial charge is 0.236 e.